The lowest BCUT2D eigenvalue weighted by Gasteiger charge is -2.53. The molecular formula is C26H44O3. The molecule has 0 amide bonds. The fraction of sp³-hybridized carbons (Fsp3) is 0.846. The van der Waals surface area contributed by atoms with Crippen LogP contribution in [0.1, 0.15) is 97.8 Å². The fourth-order valence-corrected chi connectivity index (χ4v) is 7.14. The van der Waals surface area contributed by atoms with Crippen LogP contribution in [0, 0.1) is 22.7 Å². The van der Waals surface area contributed by atoms with Gasteiger partial charge in [-0.25, -0.2) is 0 Å². The molecule has 0 radical (unpaired) electrons. The van der Waals surface area contributed by atoms with Crippen LogP contribution >= 0.6 is 0 Å². The smallest absolute Gasteiger partial charge is 0.0809 e. The molecule has 0 aromatic rings. The monoisotopic (exact) mass is 404 g/mol. The Morgan fingerprint density at radius 3 is 2.41 bits per heavy atom. The van der Waals surface area contributed by atoms with E-state index in [0.29, 0.717) is 35.2 Å². The first-order chi connectivity index (χ1) is 13.7. The Hall–Kier alpha value is -0.640. The van der Waals surface area contributed by atoms with Gasteiger partial charge in [-0.15, -0.1) is 0 Å². The molecule has 3 fully saturated rings. The van der Waals surface area contributed by atoms with Crippen molar-refractivity contribution in [3.8, 4) is 0 Å². The zero-order chi connectivity index (χ0) is 21.2. The van der Waals surface area contributed by atoms with Crippen LogP contribution in [0.25, 0.3) is 0 Å². The van der Waals surface area contributed by atoms with Gasteiger partial charge in [0, 0.05) is 0 Å². The Kier molecular flexibility index (Phi) is 7.34. The Morgan fingerprint density at radius 2 is 1.76 bits per heavy atom. The van der Waals surface area contributed by atoms with Gasteiger partial charge in [-0.05, 0) is 86.5 Å². The van der Waals surface area contributed by atoms with Gasteiger partial charge in [0.05, 0.1) is 18.3 Å². The van der Waals surface area contributed by atoms with E-state index < -0.39 is 12.2 Å². The van der Waals surface area contributed by atoms with Crippen molar-refractivity contribution < 1.29 is 15.3 Å². The lowest BCUT2D eigenvalue weighted by molar-refractivity contribution is -0.0281. The zero-order valence-corrected chi connectivity index (χ0v) is 19.0. The minimum atomic E-state index is -0.606. The summed E-state index contributed by atoms with van der Waals surface area (Å²) in [4.78, 5) is 0. The topological polar surface area (TPSA) is 60.7 Å². The summed E-state index contributed by atoms with van der Waals surface area (Å²) in [5.74, 6) is 1.47. The molecule has 3 heteroatoms. The van der Waals surface area contributed by atoms with E-state index >= 15 is 0 Å². The number of fused-ring (bicyclic) bond motifs is 1. The number of allylic oxidation sites excluding steroid dienone is 1. The number of aliphatic hydroxyl groups is 3. The van der Waals surface area contributed by atoms with Gasteiger partial charge in [-0.3, -0.25) is 0 Å². The van der Waals surface area contributed by atoms with E-state index in [4.69, 9.17) is 0 Å². The van der Waals surface area contributed by atoms with Crippen molar-refractivity contribution in [1.29, 1.82) is 0 Å². The maximum absolute atomic E-state index is 10.3. The van der Waals surface area contributed by atoms with Gasteiger partial charge in [-0.1, -0.05) is 57.8 Å². The molecule has 2 unspecified atom stereocenters. The molecule has 3 N–H and O–H groups in total. The van der Waals surface area contributed by atoms with Crippen LogP contribution in [0.4, 0.5) is 0 Å². The summed E-state index contributed by atoms with van der Waals surface area (Å²) < 4.78 is 0. The molecule has 3 nitrogen and oxygen atoms in total. The molecule has 3 aliphatic carbocycles. The average Bonchev–Trinajstić information content (AvgIpc) is 2.97. The van der Waals surface area contributed by atoms with Gasteiger partial charge in [0.2, 0.25) is 0 Å². The highest BCUT2D eigenvalue weighted by Crippen LogP contribution is 2.67. The molecule has 7 atom stereocenters. The lowest BCUT2D eigenvalue weighted by atomic mass is 9.52. The maximum atomic E-state index is 10.3. The van der Waals surface area contributed by atoms with Gasteiger partial charge >= 0.3 is 0 Å². The van der Waals surface area contributed by atoms with E-state index in [1.54, 1.807) is 0 Å². The van der Waals surface area contributed by atoms with Crippen LogP contribution in [0.5, 0.6) is 0 Å². The van der Waals surface area contributed by atoms with Gasteiger partial charge in [0.25, 0.3) is 0 Å². The van der Waals surface area contributed by atoms with Crippen LogP contribution in [-0.4, -0.2) is 33.6 Å². The van der Waals surface area contributed by atoms with Crippen LogP contribution in [0.3, 0.4) is 0 Å². The maximum Gasteiger partial charge on any atom is 0.0809 e. The van der Waals surface area contributed by atoms with E-state index in [-0.39, 0.29) is 6.10 Å². The molecule has 0 bridgehead atoms. The van der Waals surface area contributed by atoms with Crippen LogP contribution < -0.4 is 0 Å². The third-order valence-electron chi connectivity index (χ3n) is 9.20. The van der Waals surface area contributed by atoms with Crippen molar-refractivity contribution in [1.82, 2.24) is 0 Å². The third-order valence-corrected chi connectivity index (χ3v) is 9.20. The van der Waals surface area contributed by atoms with Crippen molar-refractivity contribution in [2.24, 2.45) is 22.7 Å². The quantitative estimate of drug-likeness (QED) is 0.488. The largest absolute Gasteiger partial charge is 0.393 e. The van der Waals surface area contributed by atoms with Crippen molar-refractivity contribution >= 4 is 0 Å². The molecule has 3 rings (SSSR count). The van der Waals surface area contributed by atoms with E-state index in [9.17, 15) is 15.3 Å². The first-order valence-electron chi connectivity index (χ1n) is 12.1. The SMILES string of the molecule is C=C1[C@H](O)CC(=CCC2(C(C)CCC[C@H](C)O)CC[C@@H]3CCCC[C@]32C)C[C@H]1O. The van der Waals surface area contributed by atoms with Gasteiger partial charge in [-0.2, -0.15) is 0 Å². The summed E-state index contributed by atoms with van der Waals surface area (Å²) in [6.45, 7) is 10.8. The second-order valence-electron chi connectivity index (χ2n) is 10.8. The molecule has 0 aliphatic heterocycles. The number of hydrogen-bond donors (Lipinski definition) is 3. The summed E-state index contributed by atoms with van der Waals surface area (Å²) in [6.07, 6.45) is 14.5. The molecule has 3 saturated carbocycles. The zero-order valence-electron chi connectivity index (χ0n) is 19.0. The van der Waals surface area contributed by atoms with Gasteiger partial charge in [0.1, 0.15) is 0 Å². The third kappa shape index (κ3) is 4.52. The van der Waals surface area contributed by atoms with Crippen LogP contribution in [-0.2, 0) is 0 Å². The summed E-state index contributed by atoms with van der Waals surface area (Å²) in [6, 6.07) is 0. The molecular weight excluding hydrogens is 360 g/mol. The number of rotatable bonds is 7. The predicted molar refractivity (Wildman–Crippen MR) is 120 cm³/mol. The average molecular weight is 405 g/mol. The normalized spacial score (nSPS) is 39.9. The summed E-state index contributed by atoms with van der Waals surface area (Å²) in [7, 11) is 0. The van der Waals surface area contributed by atoms with Crippen LogP contribution in [0.2, 0.25) is 0 Å². The molecule has 0 aromatic carbocycles. The molecule has 0 saturated heterocycles. The van der Waals surface area contributed by atoms with E-state index in [1.165, 1.54) is 50.5 Å². The Bertz CT molecular complexity index is 593. The van der Waals surface area contributed by atoms with Crippen molar-refractivity contribution in [2.45, 2.75) is 116 Å². The van der Waals surface area contributed by atoms with Crippen molar-refractivity contribution in [3.63, 3.8) is 0 Å². The highest BCUT2D eigenvalue weighted by atomic mass is 16.3. The first kappa shape index (κ1) is 23.0. The number of hydrogen-bond acceptors (Lipinski definition) is 3. The fourth-order valence-electron chi connectivity index (χ4n) is 7.14. The standard InChI is InChI=1S/C26H44O3/c1-18(8-7-9-19(2)27)26(15-12-22-10-5-6-13-25(22,26)4)14-11-21-16-23(28)20(3)24(29)17-21/h11,18-19,22-24,27-29H,3,5-10,12-17H2,1-2,4H3/t18?,19-,22-,23+,24+,25+,26?/m0/s1. The van der Waals surface area contributed by atoms with Gasteiger partial charge < -0.3 is 15.3 Å². The summed E-state index contributed by atoms with van der Waals surface area (Å²) >= 11 is 0. The second kappa shape index (κ2) is 9.24. The minimum absolute atomic E-state index is 0.208. The second-order valence-corrected chi connectivity index (χ2v) is 10.8. The molecule has 0 spiro atoms. The lowest BCUT2D eigenvalue weighted by Crippen LogP contribution is -2.45. The summed E-state index contributed by atoms with van der Waals surface area (Å²) in [5.41, 5.74) is 2.47. The molecule has 166 valence electrons. The van der Waals surface area contributed by atoms with E-state index in [1.807, 2.05) is 6.92 Å². The van der Waals surface area contributed by atoms with Crippen LogP contribution in [0.15, 0.2) is 23.8 Å². The Morgan fingerprint density at radius 1 is 1.07 bits per heavy atom. The predicted octanol–water partition coefficient (Wildman–Crippen LogP) is 5.54. The molecule has 29 heavy (non-hydrogen) atoms. The number of aliphatic hydroxyl groups excluding tert-OH is 3. The van der Waals surface area contributed by atoms with Crippen molar-refractivity contribution in [2.75, 3.05) is 0 Å². The van der Waals surface area contributed by atoms with Crippen molar-refractivity contribution in [3.05, 3.63) is 23.8 Å². The van der Waals surface area contributed by atoms with Gasteiger partial charge in [0.15, 0.2) is 0 Å². The molecule has 0 aromatic heterocycles. The Labute approximate surface area is 178 Å². The van der Waals surface area contributed by atoms with E-state index in [0.717, 1.165) is 25.2 Å². The molecule has 0 heterocycles. The molecule has 3 aliphatic rings. The highest BCUT2D eigenvalue weighted by Gasteiger charge is 2.58. The Balaban J connectivity index is 1.82. The summed E-state index contributed by atoms with van der Waals surface area (Å²) in [5, 5.41) is 30.2. The van der Waals surface area contributed by atoms with E-state index in [2.05, 4.69) is 26.5 Å². The first-order valence-corrected chi connectivity index (χ1v) is 12.1. The minimum Gasteiger partial charge on any atom is -0.393 e. The highest BCUT2D eigenvalue weighted by molar-refractivity contribution is 5.24.